The van der Waals surface area contributed by atoms with Crippen molar-refractivity contribution in [3.8, 4) is 5.75 Å². The molecule has 1 heterocycles. The monoisotopic (exact) mass is 491 g/mol. The molecule has 2 amide bonds. The minimum atomic E-state index is -0.326. The Morgan fingerprint density at radius 1 is 1.00 bits per heavy atom. The molecule has 0 aliphatic carbocycles. The summed E-state index contributed by atoms with van der Waals surface area (Å²) >= 11 is 2.91. The van der Waals surface area contributed by atoms with Crippen LogP contribution >= 0.6 is 23.1 Å². The van der Waals surface area contributed by atoms with Gasteiger partial charge in [-0.15, -0.1) is 11.3 Å². The lowest BCUT2D eigenvalue weighted by atomic mass is 10.1. The number of hydrogen-bond acceptors (Lipinski definition) is 6. The predicted octanol–water partition coefficient (Wildman–Crippen LogP) is 6.38. The number of thiazole rings is 1. The molecule has 6 nitrogen and oxygen atoms in total. The van der Waals surface area contributed by atoms with Gasteiger partial charge in [0.15, 0.2) is 4.34 Å². The van der Waals surface area contributed by atoms with Crippen LogP contribution in [0, 0.1) is 6.92 Å². The van der Waals surface area contributed by atoms with E-state index in [1.54, 1.807) is 0 Å². The highest BCUT2D eigenvalue weighted by atomic mass is 32.2. The molecule has 3 aromatic carbocycles. The Morgan fingerprint density at radius 2 is 1.71 bits per heavy atom. The molecule has 0 spiro atoms. The Morgan fingerprint density at radius 3 is 2.41 bits per heavy atom. The third-order valence-electron chi connectivity index (χ3n) is 5.02. The molecule has 0 saturated heterocycles. The second-order valence-corrected chi connectivity index (χ2v) is 10.3. The maximum Gasteiger partial charge on any atom is 0.255 e. The Bertz CT molecular complexity index is 1300. The average molecular weight is 492 g/mol. The van der Waals surface area contributed by atoms with Crippen LogP contribution in [0.4, 0.5) is 11.4 Å². The summed E-state index contributed by atoms with van der Waals surface area (Å²) in [5, 5.41) is 5.54. The van der Waals surface area contributed by atoms with Crippen LogP contribution in [0.1, 0.15) is 29.8 Å². The number of nitrogens with zero attached hydrogens (tertiary/aromatic N) is 1. The third-order valence-corrected chi connectivity index (χ3v) is 7.23. The summed E-state index contributed by atoms with van der Waals surface area (Å²) in [6.45, 7) is 6.37. The standard InChI is InChI=1S/C26H25N3O3S2/c1-4-32-21-12-9-19(10-13-21)27-24(30)17(3)33-26-29-22-14-11-20(15-23(22)34-26)28-25(31)18-7-5-16(2)6-8-18/h5-15,17H,4H2,1-3H3,(H,27,30)(H,28,31). The Labute approximate surface area is 206 Å². The van der Waals surface area contributed by atoms with E-state index in [4.69, 9.17) is 4.74 Å². The summed E-state index contributed by atoms with van der Waals surface area (Å²) in [4.78, 5) is 29.8. The first-order valence-electron chi connectivity index (χ1n) is 10.9. The summed E-state index contributed by atoms with van der Waals surface area (Å²) in [6.07, 6.45) is 0. The smallest absolute Gasteiger partial charge is 0.255 e. The molecule has 174 valence electrons. The van der Waals surface area contributed by atoms with Crippen molar-refractivity contribution >= 4 is 56.5 Å². The number of rotatable bonds is 8. The minimum absolute atomic E-state index is 0.0977. The first-order valence-corrected chi connectivity index (χ1v) is 12.6. The Balaban J connectivity index is 1.38. The van der Waals surface area contributed by atoms with E-state index in [1.807, 2.05) is 87.5 Å². The summed E-state index contributed by atoms with van der Waals surface area (Å²) in [5.74, 6) is 0.518. The summed E-state index contributed by atoms with van der Waals surface area (Å²) in [7, 11) is 0. The highest BCUT2D eigenvalue weighted by molar-refractivity contribution is 8.02. The van der Waals surface area contributed by atoms with Crippen molar-refractivity contribution in [2.24, 2.45) is 0 Å². The molecule has 0 fully saturated rings. The second kappa shape index (κ2) is 10.7. The van der Waals surface area contributed by atoms with Crippen LogP contribution in [0.2, 0.25) is 0 Å². The van der Waals surface area contributed by atoms with Crippen molar-refractivity contribution in [2.75, 3.05) is 17.2 Å². The number of aryl methyl sites for hydroxylation is 1. The zero-order valence-electron chi connectivity index (χ0n) is 19.1. The molecular formula is C26H25N3O3S2. The van der Waals surface area contributed by atoms with E-state index in [-0.39, 0.29) is 17.1 Å². The lowest BCUT2D eigenvalue weighted by molar-refractivity contribution is -0.115. The molecule has 0 bridgehead atoms. The van der Waals surface area contributed by atoms with Crippen LogP contribution in [0.3, 0.4) is 0 Å². The number of carbonyl (C=O) groups excluding carboxylic acids is 2. The van der Waals surface area contributed by atoms with Crippen LogP contribution in [0.25, 0.3) is 10.2 Å². The number of anilines is 2. The van der Waals surface area contributed by atoms with Crippen LogP contribution in [-0.2, 0) is 4.79 Å². The van der Waals surface area contributed by atoms with Gasteiger partial charge in [0.2, 0.25) is 5.91 Å². The minimum Gasteiger partial charge on any atom is -0.494 e. The molecule has 0 aliphatic heterocycles. The molecule has 8 heteroatoms. The van der Waals surface area contributed by atoms with Crippen LogP contribution in [0.5, 0.6) is 5.75 Å². The largest absolute Gasteiger partial charge is 0.494 e. The first kappa shape index (κ1) is 23.8. The van der Waals surface area contributed by atoms with Gasteiger partial charge in [0, 0.05) is 16.9 Å². The summed E-state index contributed by atoms with van der Waals surface area (Å²) in [5.41, 5.74) is 3.98. The van der Waals surface area contributed by atoms with Gasteiger partial charge in [-0.05, 0) is 75.4 Å². The van der Waals surface area contributed by atoms with Crippen molar-refractivity contribution in [3.05, 3.63) is 77.9 Å². The van der Waals surface area contributed by atoms with Crippen molar-refractivity contribution in [3.63, 3.8) is 0 Å². The van der Waals surface area contributed by atoms with Gasteiger partial charge in [-0.1, -0.05) is 29.5 Å². The van der Waals surface area contributed by atoms with Crippen LogP contribution in [0.15, 0.2) is 71.1 Å². The van der Waals surface area contributed by atoms with Crippen molar-refractivity contribution in [1.82, 2.24) is 4.98 Å². The molecule has 1 atom stereocenters. The molecule has 0 saturated carbocycles. The molecule has 2 N–H and O–H groups in total. The number of aromatic nitrogens is 1. The van der Waals surface area contributed by atoms with E-state index in [0.29, 0.717) is 17.9 Å². The number of nitrogens with one attached hydrogen (secondary N) is 2. The van der Waals surface area contributed by atoms with Crippen LogP contribution < -0.4 is 15.4 Å². The van der Waals surface area contributed by atoms with Gasteiger partial charge in [-0.25, -0.2) is 4.98 Å². The van der Waals surface area contributed by atoms with Gasteiger partial charge in [-0.2, -0.15) is 0 Å². The SMILES string of the molecule is CCOc1ccc(NC(=O)C(C)Sc2nc3ccc(NC(=O)c4ccc(C)cc4)cc3s2)cc1. The van der Waals surface area contributed by atoms with Gasteiger partial charge in [-0.3, -0.25) is 9.59 Å². The fourth-order valence-electron chi connectivity index (χ4n) is 3.19. The molecule has 1 aromatic heterocycles. The van der Waals surface area contributed by atoms with E-state index in [9.17, 15) is 9.59 Å². The number of carbonyl (C=O) groups is 2. The molecule has 4 rings (SSSR count). The molecular weight excluding hydrogens is 466 g/mol. The molecule has 0 radical (unpaired) electrons. The predicted molar refractivity (Wildman–Crippen MR) is 140 cm³/mol. The second-order valence-electron chi connectivity index (χ2n) is 7.69. The number of benzene rings is 3. The zero-order valence-corrected chi connectivity index (χ0v) is 20.8. The van der Waals surface area contributed by atoms with Crippen molar-refractivity contribution < 1.29 is 14.3 Å². The zero-order chi connectivity index (χ0) is 24.1. The summed E-state index contributed by atoms with van der Waals surface area (Å²) in [6, 6.07) is 20.4. The van der Waals surface area contributed by atoms with E-state index in [1.165, 1.54) is 23.1 Å². The van der Waals surface area contributed by atoms with Crippen molar-refractivity contribution in [2.45, 2.75) is 30.4 Å². The van der Waals surface area contributed by atoms with Gasteiger partial charge in [0.05, 0.1) is 22.1 Å². The molecule has 0 aliphatic rings. The van der Waals surface area contributed by atoms with Gasteiger partial charge in [0.1, 0.15) is 5.75 Å². The van der Waals surface area contributed by atoms with E-state index in [2.05, 4.69) is 15.6 Å². The lowest BCUT2D eigenvalue weighted by Gasteiger charge is -2.11. The van der Waals surface area contributed by atoms with Gasteiger partial charge >= 0.3 is 0 Å². The number of fused-ring (bicyclic) bond motifs is 1. The molecule has 1 unspecified atom stereocenters. The molecule has 4 aromatic rings. The molecule has 34 heavy (non-hydrogen) atoms. The van der Waals surface area contributed by atoms with E-state index < -0.39 is 0 Å². The number of thioether (sulfide) groups is 1. The fourth-order valence-corrected chi connectivity index (χ4v) is 5.44. The van der Waals surface area contributed by atoms with E-state index in [0.717, 1.165) is 31.6 Å². The fraction of sp³-hybridized carbons (Fsp3) is 0.192. The first-order chi connectivity index (χ1) is 16.4. The average Bonchev–Trinajstić information content (AvgIpc) is 3.22. The topological polar surface area (TPSA) is 80.3 Å². The lowest BCUT2D eigenvalue weighted by Crippen LogP contribution is -2.22. The normalized spacial score (nSPS) is 11.7. The maximum atomic E-state index is 12.6. The van der Waals surface area contributed by atoms with Crippen molar-refractivity contribution in [1.29, 1.82) is 0 Å². The van der Waals surface area contributed by atoms with Crippen LogP contribution in [-0.4, -0.2) is 28.7 Å². The third kappa shape index (κ3) is 5.95. The number of ether oxygens (including phenoxy) is 1. The number of hydrogen-bond donors (Lipinski definition) is 2. The number of amides is 2. The maximum absolute atomic E-state index is 12.6. The summed E-state index contributed by atoms with van der Waals surface area (Å²) < 4.78 is 7.18. The Hall–Kier alpha value is -3.36. The van der Waals surface area contributed by atoms with E-state index >= 15 is 0 Å². The highest BCUT2D eigenvalue weighted by Crippen LogP contribution is 2.34. The quantitative estimate of drug-likeness (QED) is 0.280. The van der Waals surface area contributed by atoms with Gasteiger partial charge in [0.25, 0.3) is 5.91 Å². The highest BCUT2D eigenvalue weighted by Gasteiger charge is 2.17. The Kier molecular flexibility index (Phi) is 7.49. The van der Waals surface area contributed by atoms with Gasteiger partial charge < -0.3 is 15.4 Å².